The van der Waals surface area contributed by atoms with E-state index in [1.165, 1.54) is 0 Å². The maximum atomic E-state index is 10.1. The predicted molar refractivity (Wildman–Crippen MR) is 42.0 cm³/mol. The van der Waals surface area contributed by atoms with Crippen LogP contribution in [-0.2, 0) is 0 Å². The molecule has 0 aliphatic rings. The highest BCUT2D eigenvalue weighted by Crippen LogP contribution is 1.99. The smallest absolute Gasteiger partial charge is 0.312 e. The number of amides is 2. The minimum atomic E-state index is -0.547. The molecule has 0 aromatic rings. The predicted octanol–water partition coefficient (Wildman–Crippen LogP) is 0.838. The summed E-state index contributed by atoms with van der Waals surface area (Å²) in [4.78, 5) is 10.1. The summed E-state index contributed by atoms with van der Waals surface area (Å²) in [5.41, 5.74) is 4.80. The van der Waals surface area contributed by atoms with Gasteiger partial charge in [0.25, 0.3) is 0 Å². The standard InChI is InChI=1S/C6H11ClN2O/c1-2-3-5(7)4-9-6(8)10/h2,5H,1,3-4H2,(H3,8,9,10)/t5-/m0/s1. The maximum absolute atomic E-state index is 10.1. The van der Waals surface area contributed by atoms with Crippen molar-refractivity contribution in [2.24, 2.45) is 5.73 Å². The van der Waals surface area contributed by atoms with Gasteiger partial charge in [-0.25, -0.2) is 4.79 Å². The fourth-order valence-electron chi connectivity index (χ4n) is 0.476. The number of nitrogens with one attached hydrogen (secondary N) is 1. The Bertz CT molecular complexity index is 127. The fourth-order valence-corrected chi connectivity index (χ4v) is 0.679. The molecule has 4 heteroatoms. The van der Waals surface area contributed by atoms with Crippen LogP contribution in [0.1, 0.15) is 6.42 Å². The lowest BCUT2D eigenvalue weighted by atomic mass is 10.3. The minimum Gasteiger partial charge on any atom is -0.352 e. The molecule has 2 amide bonds. The van der Waals surface area contributed by atoms with E-state index < -0.39 is 6.03 Å². The number of alkyl halides is 1. The first-order chi connectivity index (χ1) is 4.66. The van der Waals surface area contributed by atoms with Crippen molar-refractivity contribution in [2.45, 2.75) is 11.8 Å². The molecule has 3 nitrogen and oxygen atoms in total. The normalized spacial score (nSPS) is 12.1. The molecule has 0 fully saturated rings. The Kier molecular flexibility index (Phi) is 4.76. The molecule has 1 atom stereocenters. The van der Waals surface area contributed by atoms with Gasteiger partial charge in [0, 0.05) is 6.54 Å². The zero-order valence-corrected chi connectivity index (χ0v) is 6.40. The molecule has 0 heterocycles. The third-order valence-electron chi connectivity index (χ3n) is 0.920. The number of urea groups is 1. The monoisotopic (exact) mass is 162 g/mol. The van der Waals surface area contributed by atoms with Crippen LogP contribution in [0.2, 0.25) is 0 Å². The zero-order valence-electron chi connectivity index (χ0n) is 5.64. The number of carbonyl (C=O) groups excluding carboxylic acids is 1. The van der Waals surface area contributed by atoms with Crippen LogP contribution >= 0.6 is 11.6 Å². The highest BCUT2D eigenvalue weighted by atomic mass is 35.5. The molecule has 3 N–H and O–H groups in total. The van der Waals surface area contributed by atoms with Gasteiger partial charge in [0.15, 0.2) is 0 Å². The second-order valence-electron chi connectivity index (χ2n) is 1.87. The van der Waals surface area contributed by atoms with Gasteiger partial charge in [0.2, 0.25) is 0 Å². The van der Waals surface area contributed by atoms with Crippen LogP contribution < -0.4 is 11.1 Å². The number of primary amides is 1. The first kappa shape index (κ1) is 9.30. The quantitative estimate of drug-likeness (QED) is 0.467. The molecule has 0 rings (SSSR count). The van der Waals surface area contributed by atoms with Gasteiger partial charge >= 0.3 is 6.03 Å². The van der Waals surface area contributed by atoms with Crippen LogP contribution in [0.4, 0.5) is 4.79 Å². The van der Waals surface area contributed by atoms with Crippen LogP contribution in [0.25, 0.3) is 0 Å². The van der Waals surface area contributed by atoms with Crippen molar-refractivity contribution < 1.29 is 4.79 Å². The van der Waals surface area contributed by atoms with Gasteiger partial charge in [-0.05, 0) is 6.42 Å². The summed E-state index contributed by atoms with van der Waals surface area (Å²) in [6.45, 7) is 3.89. The Morgan fingerprint density at radius 1 is 1.90 bits per heavy atom. The van der Waals surface area contributed by atoms with Crippen molar-refractivity contribution in [3.63, 3.8) is 0 Å². The Hall–Kier alpha value is -0.700. The lowest BCUT2D eigenvalue weighted by Gasteiger charge is -2.05. The molecule has 0 aliphatic carbocycles. The maximum Gasteiger partial charge on any atom is 0.312 e. The first-order valence-electron chi connectivity index (χ1n) is 2.95. The van der Waals surface area contributed by atoms with E-state index in [0.29, 0.717) is 13.0 Å². The molecule has 0 aliphatic heterocycles. The van der Waals surface area contributed by atoms with Crippen LogP contribution in [-0.4, -0.2) is 18.0 Å². The van der Waals surface area contributed by atoms with Crippen molar-refractivity contribution in [1.82, 2.24) is 5.32 Å². The molecule has 0 saturated heterocycles. The summed E-state index contributed by atoms with van der Waals surface area (Å²) in [6, 6.07) is -0.547. The van der Waals surface area contributed by atoms with Crippen LogP contribution in [0.5, 0.6) is 0 Å². The van der Waals surface area contributed by atoms with Gasteiger partial charge in [0.1, 0.15) is 0 Å². The summed E-state index contributed by atoms with van der Waals surface area (Å²) >= 11 is 5.68. The Morgan fingerprint density at radius 2 is 2.50 bits per heavy atom. The van der Waals surface area contributed by atoms with Gasteiger partial charge in [-0.3, -0.25) is 0 Å². The van der Waals surface area contributed by atoms with Crippen molar-refractivity contribution in [2.75, 3.05) is 6.54 Å². The molecular weight excluding hydrogens is 152 g/mol. The molecule has 0 spiro atoms. The SMILES string of the molecule is C=CC[C@H](Cl)CNC(N)=O. The average Bonchev–Trinajstić information content (AvgIpc) is 1.85. The number of allylic oxidation sites excluding steroid dienone is 1. The Morgan fingerprint density at radius 3 is 2.90 bits per heavy atom. The van der Waals surface area contributed by atoms with Crippen LogP contribution in [0.3, 0.4) is 0 Å². The van der Waals surface area contributed by atoms with Gasteiger partial charge < -0.3 is 11.1 Å². The number of halogens is 1. The molecule has 0 saturated carbocycles. The van der Waals surface area contributed by atoms with E-state index >= 15 is 0 Å². The molecule has 58 valence electrons. The number of hydrogen-bond acceptors (Lipinski definition) is 1. The van der Waals surface area contributed by atoms with E-state index in [-0.39, 0.29) is 5.38 Å². The van der Waals surface area contributed by atoms with Crippen molar-refractivity contribution in [3.05, 3.63) is 12.7 Å². The summed E-state index contributed by atoms with van der Waals surface area (Å²) in [6.07, 6.45) is 2.36. The van der Waals surface area contributed by atoms with Gasteiger partial charge in [0.05, 0.1) is 5.38 Å². The summed E-state index contributed by atoms with van der Waals surface area (Å²) in [7, 11) is 0. The highest BCUT2D eigenvalue weighted by molar-refractivity contribution is 6.20. The van der Waals surface area contributed by atoms with E-state index in [0.717, 1.165) is 0 Å². The van der Waals surface area contributed by atoms with E-state index in [2.05, 4.69) is 11.9 Å². The average molecular weight is 163 g/mol. The number of hydrogen-bond donors (Lipinski definition) is 2. The summed E-state index contributed by atoms with van der Waals surface area (Å²) < 4.78 is 0. The molecule has 0 aromatic carbocycles. The zero-order chi connectivity index (χ0) is 7.98. The number of rotatable bonds is 4. The number of nitrogens with two attached hydrogens (primary N) is 1. The molecule has 0 unspecified atom stereocenters. The lowest BCUT2D eigenvalue weighted by molar-refractivity contribution is 0.249. The summed E-state index contributed by atoms with van der Waals surface area (Å²) in [5.74, 6) is 0. The highest BCUT2D eigenvalue weighted by Gasteiger charge is 2.01. The van der Waals surface area contributed by atoms with Crippen LogP contribution in [0.15, 0.2) is 12.7 Å². The molecule has 10 heavy (non-hydrogen) atoms. The van der Waals surface area contributed by atoms with E-state index in [1.54, 1.807) is 6.08 Å². The molecule has 0 bridgehead atoms. The van der Waals surface area contributed by atoms with Crippen molar-refractivity contribution in [1.29, 1.82) is 0 Å². The Labute approximate surface area is 65.2 Å². The Balaban J connectivity index is 3.29. The summed E-state index contributed by atoms with van der Waals surface area (Å²) in [5, 5.41) is 2.28. The first-order valence-corrected chi connectivity index (χ1v) is 3.38. The van der Waals surface area contributed by atoms with E-state index in [4.69, 9.17) is 17.3 Å². The molecule has 0 radical (unpaired) electrons. The second-order valence-corrected chi connectivity index (χ2v) is 2.48. The topological polar surface area (TPSA) is 55.1 Å². The van der Waals surface area contributed by atoms with Crippen molar-refractivity contribution >= 4 is 17.6 Å². The molecule has 0 aromatic heterocycles. The second kappa shape index (κ2) is 5.11. The van der Waals surface area contributed by atoms with Gasteiger partial charge in [-0.2, -0.15) is 0 Å². The third-order valence-corrected chi connectivity index (χ3v) is 1.25. The third kappa shape index (κ3) is 5.44. The largest absolute Gasteiger partial charge is 0.352 e. The number of carbonyl (C=O) groups is 1. The molecular formula is C6H11ClN2O. The van der Waals surface area contributed by atoms with Gasteiger partial charge in [-0.15, -0.1) is 18.2 Å². The van der Waals surface area contributed by atoms with E-state index in [9.17, 15) is 4.79 Å². The lowest BCUT2D eigenvalue weighted by Crippen LogP contribution is -2.33. The van der Waals surface area contributed by atoms with Crippen molar-refractivity contribution in [3.8, 4) is 0 Å². The minimum absolute atomic E-state index is 0.106. The van der Waals surface area contributed by atoms with Crippen LogP contribution in [0, 0.1) is 0 Å². The van der Waals surface area contributed by atoms with Gasteiger partial charge in [-0.1, -0.05) is 6.08 Å². The fraction of sp³-hybridized carbons (Fsp3) is 0.500. The van der Waals surface area contributed by atoms with E-state index in [1.807, 2.05) is 0 Å².